The topological polar surface area (TPSA) is 145 Å². The van der Waals surface area contributed by atoms with E-state index in [2.05, 4.69) is 5.32 Å². The predicted octanol–water partition coefficient (Wildman–Crippen LogP) is 3.70. The maximum absolute atomic E-state index is 12.6. The van der Waals surface area contributed by atoms with Crippen LogP contribution in [0.5, 0.6) is 5.75 Å². The quantitative estimate of drug-likeness (QED) is 0.233. The van der Waals surface area contributed by atoms with Gasteiger partial charge < -0.3 is 14.8 Å². The van der Waals surface area contributed by atoms with Crippen molar-refractivity contribution in [3.05, 3.63) is 75.1 Å². The van der Waals surface area contributed by atoms with Crippen molar-refractivity contribution in [2.24, 2.45) is 0 Å². The Morgan fingerprint density at radius 2 is 1.86 bits per heavy atom. The van der Waals surface area contributed by atoms with Gasteiger partial charge in [0.15, 0.2) is 13.2 Å². The zero-order valence-electron chi connectivity index (χ0n) is 18.0. The van der Waals surface area contributed by atoms with Gasteiger partial charge >= 0.3 is 5.97 Å². The van der Waals surface area contributed by atoms with Crippen molar-refractivity contribution >= 4 is 61.9 Å². The third kappa shape index (κ3) is 6.68. The van der Waals surface area contributed by atoms with Gasteiger partial charge in [0.25, 0.3) is 21.6 Å². The zero-order chi connectivity index (χ0) is 25.6. The Hall–Kier alpha value is -3.68. The molecule has 0 aliphatic carbocycles. The van der Waals surface area contributed by atoms with E-state index in [0.717, 1.165) is 21.7 Å². The average Bonchev–Trinajstić information content (AvgIpc) is 3.38. The number of hydrogen-bond donors (Lipinski definition) is 1. The number of nitrogens with one attached hydrogen (secondary N) is 1. The number of hydrogen-bond acceptors (Lipinski definition) is 9. The number of carbonyl (C=O) groups is 2. The van der Waals surface area contributed by atoms with E-state index in [1.807, 2.05) is 0 Å². The molecule has 0 aliphatic rings. The molecule has 1 amide bonds. The number of nitro benzene ring substituents is 1. The third-order valence-corrected chi connectivity index (χ3v) is 7.94. The van der Waals surface area contributed by atoms with Crippen molar-refractivity contribution in [3.63, 3.8) is 0 Å². The van der Waals surface area contributed by atoms with Gasteiger partial charge in [-0.1, -0.05) is 17.7 Å². The summed E-state index contributed by atoms with van der Waals surface area (Å²) in [5, 5.41) is 14.7. The Labute approximate surface area is 209 Å². The van der Waals surface area contributed by atoms with Gasteiger partial charge in [0.2, 0.25) is 0 Å². The van der Waals surface area contributed by atoms with Crippen molar-refractivity contribution in [2.75, 3.05) is 29.9 Å². The first kappa shape index (κ1) is 25.9. The van der Waals surface area contributed by atoms with Crippen LogP contribution < -0.4 is 14.4 Å². The summed E-state index contributed by atoms with van der Waals surface area (Å²) in [5.74, 6) is -1.24. The number of esters is 1. The number of rotatable bonds is 10. The monoisotopic (exact) mass is 539 g/mol. The number of thiophene rings is 1. The summed E-state index contributed by atoms with van der Waals surface area (Å²) >= 11 is 7.01. The highest BCUT2D eigenvalue weighted by Gasteiger charge is 2.22. The first-order valence-corrected chi connectivity index (χ1v) is 12.4. The molecule has 1 heterocycles. The number of nitrogens with zero attached hydrogens (tertiary/aromatic N) is 2. The standard InChI is InChI=1S/C21H18ClN3O8S2/c1-24(35(30,31)21-3-2-10-34-21)14-4-7-16(8-5-14)32-13-20(27)33-12-19(26)23-18-9-6-15(25(28)29)11-17(18)22/h2-11H,12-13H2,1H3,(H,23,26). The van der Waals surface area contributed by atoms with E-state index in [1.54, 1.807) is 11.4 Å². The lowest BCUT2D eigenvalue weighted by Gasteiger charge is -2.18. The van der Waals surface area contributed by atoms with E-state index in [4.69, 9.17) is 21.1 Å². The van der Waals surface area contributed by atoms with Crippen LogP contribution in [0.1, 0.15) is 0 Å². The van der Waals surface area contributed by atoms with E-state index in [-0.39, 0.29) is 26.4 Å². The van der Waals surface area contributed by atoms with Crippen LogP contribution >= 0.6 is 22.9 Å². The lowest BCUT2D eigenvalue weighted by Crippen LogP contribution is -2.25. The fraction of sp³-hybridized carbons (Fsp3) is 0.143. The lowest BCUT2D eigenvalue weighted by atomic mass is 10.3. The van der Waals surface area contributed by atoms with Crippen LogP contribution in [0.3, 0.4) is 0 Å². The number of ether oxygens (including phenoxy) is 2. The fourth-order valence-electron chi connectivity index (χ4n) is 2.67. The maximum Gasteiger partial charge on any atom is 0.344 e. The summed E-state index contributed by atoms with van der Waals surface area (Å²) in [4.78, 5) is 33.9. The molecule has 0 unspecified atom stereocenters. The third-order valence-electron chi connectivity index (χ3n) is 4.47. The molecule has 35 heavy (non-hydrogen) atoms. The molecule has 0 fully saturated rings. The molecule has 0 bridgehead atoms. The predicted molar refractivity (Wildman–Crippen MR) is 130 cm³/mol. The molecule has 14 heteroatoms. The molecule has 0 saturated heterocycles. The van der Waals surface area contributed by atoms with Gasteiger partial charge in [-0.25, -0.2) is 13.2 Å². The van der Waals surface area contributed by atoms with Crippen LogP contribution in [0.4, 0.5) is 17.1 Å². The Kier molecular flexibility index (Phi) is 8.27. The number of non-ortho nitro benzene ring substituents is 1. The molecular weight excluding hydrogens is 522 g/mol. The van der Waals surface area contributed by atoms with Crippen LogP contribution in [0, 0.1) is 10.1 Å². The van der Waals surface area contributed by atoms with Crippen LogP contribution in [-0.2, 0) is 24.3 Å². The molecule has 184 valence electrons. The number of benzene rings is 2. The van der Waals surface area contributed by atoms with Crippen LogP contribution in [-0.4, -0.2) is 45.5 Å². The van der Waals surface area contributed by atoms with Gasteiger partial charge in [0.1, 0.15) is 9.96 Å². The van der Waals surface area contributed by atoms with Gasteiger partial charge in [0.05, 0.1) is 21.3 Å². The number of halogens is 1. The molecule has 0 radical (unpaired) electrons. The Balaban J connectivity index is 1.47. The minimum Gasteiger partial charge on any atom is -0.482 e. The van der Waals surface area contributed by atoms with Crippen LogP contribution in [0.25, 0.3) is 0 Å². The molecule has 0 saturated carbocycles. The van der Waals surface area contributed by atoms with Gasteiger partial charge in [-0.3, -0.25) is 19.2 Å². The number of carbonyl (C=O) groups excluding carboxylic acids is 2. The van der Waals surface area contributed by atoms with E-state index >= 15 is 0 Å². The Morgan fingerprint density at radius 3 is 2.46 bits per heavy atom. The molecule has 2 aromatic carbocycles. The molecule has 1 N–H and O–H groups in total. The maximum atomic E-state index is 12.6. The van der Waals surface area contributed by atoms with Gasteiger partial charge in [-0.15, -0.1) is 11.3 Å². The second kappa shape index (κ2) is 11.2. The molecular formula is C21H18ClN3O8S2. The summed E-state index contributed by atoms with van der Waals surface area (Å²) in [6.07, 6.45) is 0. The summed E-state index contributed by atoms with van der Waals surface area (Å²) in [6.45, 7) is -1.12. The number of nitro groups is 1. The van der Waals surface area contributed by atoms with Gasteiger partial charge in [-0.2, -0.15) is 0 Å². The molecule has 3 aromatic rings. The van der Waals surface area contributed by atoms with Crippen molar-refractivity contribution < 1.29 is 32.4 Å². The minimum absolute atomic E-state index is 0.0421. The number of amides is 1. The van der Waals surface area contributed by atoms with Crippen molar-refractivity contribution in [2.45, 2.75) is 4.21 Å². The normalized spacial score (nSPS) is 10.9. The first-order chi connectivity index (χ1) is 16.6. The van der Waals surface area contributed by atoms with E-state index < -0.39 is 40.0 Å². The van der Waals surface area contributed by atoms with Crippen molar-refractivity contribution in [3.8, 4) is 5.75 Å². The fourth-order valence-corrected chi connectivity index (χ4v) is 5.25. The summed E-state index contributed by atoms with van der Waals surface area (Å²) < 4.78 is 36.6. The summed E-state index contributed by atoms with van der Waals surface area (Å²) in [5.41, 5.74) is 0.288. The van der Waals surface area contributed by atoms with Crippen molar-refractivity contribution in [1.82, 2.24) is 0 Å². The first-order valence-electron chi connectivity index (χ1n) is 9.72. The lowest BCUT2D eigenvalue weighted by molar-refractivity contribution is -0.384. The minimum atomic E-state index is -3.67. The molecule has 1 aromatic heterocycles. The highest BCUT2D eigenvalue weighted by Crippen LogP contribution is 2.27. The second-order valence-corrected chi connectivity index (χ2v) is 10.4. The smallest absolute Gasteiger partial charge is 0.344 e. The molecule has 3 rings (SSSR count). The molecule has 0 spiro atoms. The molecule has 11 nitrogen and oxygen atoms in total. The van der Waals surface area contributed by atoms with E-state index in [9.17, 15) is 28.1 Å². The Bertz CT molecular complexity index is 1330. The highest BCUT2D eigenvalue weighted by molar-refractivity contribution is 7.94. The summed E-state index contributed by atoms with van der Waals surface area (Å²) in [7, 11) is -2.25. The Morgan fingerprint density at radius 1 is 1.14 bits per heavy atom. The number of sulfonamides is 1. The zero-order valence-corrected chi connectivity index (χ0v) is 20.4. The SMILES string of the molecule is CN(c1ccc(OCC(=O)OCC(=O)Nc2ccc([N+](=O)[O-])cc2Cl)cc1)S(=O)(=O)c1cccs1. The van der Waals surface area contributed by atoms with E-state index in [0.29, 0.717) is 5.69 Å². The van der Waals surface area contributed by atoms with Crippen LogP contribution in [0.15, 0.2) is 64.2 Å². The van der Waals surface area contributed by atoms with E-state index in [1.165, 1.54) is 49.5 Å². The average molecular weight is 540 g/mol. The molecule has 0 aliphatic heterocycles. The second-order valence-electron chi connectivity index (χ2n) is 6.82. The largest absolute Gasteiger partial charge is 0.482 e. The number of anilines is 2. The van der Waals surface area contributed by atoms with Crippen molar-refractivity contribution in [1.29, 1.82) is 0 Å². The molecule has 0 atom stereocenters. The van der Waals surface area contributed by atoms with Gasteiger partial charge in [-0.05, 0) is 41.8 Å². The van der Waals surface area contributed by atoms with Crippen LogP contribution in [0.2, 0.25) is 5.02 Å². The summed E-state index contributed by atoms with van der Waals surface area (Å²) in [6, 6.07) is 12.7. The van der Waals surface area contributed by atoms with Gasteiger partial charge in [0, 0.05) is 19.2 Å². The highest BCUT2D eigenvalue weighted by atomic mass is 35.5.